The zero-order valence-electron chi connectivity index (χ0n) is 6.40. The van der Waals surface area contributed by atoms with Gasteiger partial charge in [-0.3, -0.25) is 4.74 Å². The molecular formula is C7H10F3O. The van der Waals surface area contributed by atoms with Gasteiger partial charge in [0.15, 0.2) is 0 Å². The molecule has 1 rings (SSSR count). The lowest BCUT2D eigenvalue weighted by Gasteiger charge is -2.44. The highest BCUT2D eigenvalue weighted by molar-refractivity contribution is 5.06. The van der Waals surface area contributed by atoms with E-state index in [0.717, 1.165) is 0 Å². The van der Waals surface area contributed by atoms with Crippen molar-refractivity contribution in [2.45, 2.75) is 32.2 Å². The summed E-state index contributed by atoms with van der Waals surface area (Å²) in [5.74, 6) is -0.0378. The lowest BCUT2D eigenvalue weighted by atomic mass is 9.72. The first-order chi connectivity index (χ1) is 4.83. The highest BCUT2D eigenvalue weighted by atomic mass is 19.4. The van der Waals surface area contributed by atoms with E-state index in [1.807, 2.05) is 0 Å². The first kappa shape index (κ1) is 8.84. The second-order valence-electron chi connectivity index (χ2n) is 3.07. The normalized spacial score (nSPS) is 38.5. The van der Waals surface area contributed by atoms with Crippen LogP contribution >= 0.6 is 0 Å². The Hall–Kier alpha value is -0.250. The minimum absolute atomic E-state index is 0.0378. The molecule has 1 aliphatic carbocycles. The quantitative estimate of drug-likeness (QED) is 0.583. The number of halogens is 3. The number of hydrogen-bond acceptors (Lipinski definition) is 1. The van der Waals surface area contributed by atoms with E-state index in [1.165, 1.54) is 6.92 Å². The highest BCUT2D eigenvalue weighted by Gasteiger charge is 2.49. The summed E-state index contributed by atoms with van der Waals surface area (Å²) < 4.78 is 39.0. The highest BCUT2D eigenvalue weighted by Crippen LogP contribution is 2.43. The van der Waals surface area contributed by atoms with Crippen LogP contribution in [-0.4, -0.2) is 12.0 Å². The molecule has 0 bridgehead atoms. The predicted octanol–water partition coefficient (Wildman–Crippen LogP) is 2.53. The maximum Gasteiger partial charge on any atom is 0.523 e. The Balaban J connectivity index is 2.48. The first-order valence-corrected chi connectivity index (χ1v) is 3.45. The zero-order valence-corrected chi connectivity index (χ0v) is 6.40. The van der Waals surface area contributed by atoms with Gasteiger partial charge in [0.25, 0.3) is 0 Å². The SMILES string of the molecule is CC1C[CH]C1(C)OC(F)(F)F. The average molecular weight is 167 g/mol. The lowest BCUT2D eigenvalue weighted by molar-refractivity contribution is -0.373. The molecule has 1 saturated carbocycles. The smallest absolute Gasteiger partial charge is 0.285 e. The zero-order chi connectivity index (χ0) is 8.70. The molecule has 0 N–H and O–H groups in total. The molecule has 0 aromatic rings. The van der Waals surface area contributed by atoms with Crippen LogP contribution in [0.3, 0.4) is 0 Å². The van der Waals surface area contributed by atoms with Crippen LogP contribution in [0.1, 0.15) is 20.3 Å². The molecular weight excluding hydrogens is 157 g/mol. The van der Waals surface area contributed by atoms with Crippen molar-refractivity contribution >= 4 is 0 Å². The van der Waals surface area contributed by atoms with Crippen molar-refractivity contribution in [1.29, 1.82) is 0 Å². The molecule has 0 spiro atoms. The van der Waals surface area contributed by atoms with Crippen molar-refractivity contribution in [2.75, 3.05) is 0 Å². The van der Waals surface area contributed by atoms with Crippen LogP contribution in [0.25, 0.3) is 0 Å². The van der Waals surface area contributed by atoms with Crippen molar-refractivity contribution in [1.82, 2.24) is 0 Å². The Kier molecular flexibility index (Phi) is 1.90. The van der Waals surface area contributed by atoms with Gasteiger partial charge in [0, 0.05) is 0 Å². The summed E-state index contributed by atoms with van der Waals surface area (Å²) in [6.07, 6.45) is -2.27. The molecule has 0 aromatic heterocycles. The topological polar surface area (TPSA) is 9.23 Å². The summed E-state index contributed by atoms with van der Waals surface area (Å²) in [7, 11) is 0. The van der Waals surface area contributed by atoms with Gasteiger partial charge in [-0.1, -0.05) is 6.92 Å². The van der Waals surface area contributed by atoms with E-state index in [-0.39, 0.29) is 5.92 Å². The number of ether oxygens (including phenoxy) is 1. The van der Waals surface area contributed by atoms with Crippen LogP contribution in [0, 0.1) is 12.3 Å². The van der Waals surface area contributed by atoms with Crippen LogP contribution in [0.2, 0.25) is 0 Å². The van der Waals surface area contributed by atoms with E-state index in [9.17, 15) is 13.2 Å². The molecule has 1 nitrogen and oxygen atoms in total. The summed E-state index contributed by atoms with van der Waals surface area (Å²) in [6, 6.07) is 0. The molecule has 1 aliphatic rings. The monoisotopic (exact) mass is 167 g/mol. The van der Waals surface area contributed by atoms with Gasteiger partial charge in [0.05, 0.1) is 5.60 Å². The fourth-order valence-corrected chi connectivity index (χ4v) is 1.08. The van der Waals surface area contributed by atoms with Crippen molar-refractivity contribution < 1.29 is 17.9 Å². The van der Waals surface area contributed by atoms with Gasteiger partial charge < -0.3 is 0 Å². The third-order valence-electron chi connectivity index (χ3n) is 2.19. The maximum absolute atomic E-state index is 11.7. The van der Waals surface area contributed by atoms with E-state index in [0.29, 0.717) is 6.42 Å². The molecule has 0 aromatic carbocycles. The molecule has 0 saturated heterocycles. The first-order valence-electron chi connectivity index (χ1n) is 3.45. The van der Waals surface area contributed by atoms with E-state index in [2.05, 4.69) is 4.74 Å². The minimum Gasteiger partial charge on any atom is -0.285 e. The molecule has 65 valence electrons. The van der Waals surface area contributed by atoms with Gasteiger partial charge in [-0.05, 0) is 25.7 Å². The van der Waals surface area contributed by atoms with E-state index in [4.69, 9.17) is 0 Å². The molecule has 1 radical (unpaired) electrons. The molecule has 11 heavy (non-hydrogen) atoms. The number of rotatable bonds is 1. The van der Waals surface area contributed by atoms with Gasteiger partial charge in [-0.2, -0.15) is 0 Å². The summed E-state index contributed by atoms with van der Waals surface area (Å²) in [4.78, 5) is 0. The van der Waals surface area contributed by atoms with Gasteiger partial charge in [0.1, 0.15) is 0 Å². The van der Waals surface area contributed by atoms with E-state index in [1.54, 1.807) is 13.3 Å². The number of hydrogen-bond donors (Lipinski definition) is 0. The van der Waals surface area contributed by atoms with Gasteiger partial charge in [0.2, 0.25) is 0 Å². The molecule has 4 heteroatoms. The predicted molar refractivity (Wildman–Crippen MR) is 33.6 cm³/mol. The fraction of sp³-hybridized carbons (Fsp3) is 0.857. The van der Waals surface area contributed by atoms with Gasteiger partial charge in [-0.25, -0.2) is 0 Å². The standard InChI is InChI=1S/C7H10F3O/c1-5-3-4-6(5,2)11-7(8,9)10/h4-5H,3H2,1-2H3. The molecule has 1 fully saturated rings. The maximum atomic E-state index is 11.7. The van der Waals surface area contributed by atoms with Crippen LogP contribution in [0.15, 0.2) is 0 Å². The summed E-state index contributed by atoms with van der Waals surface area (Å²) in [5, 5.41) is 0. The van der Waals surface area contributed by atoms with E-state index < -0.39 is 12.0 Å². The minimum atomic E-state index is -4.51. The number of alkyl halides is 3. The Labute approximate surface area is 63.5 Å². The fourth-order valence-electron chi connectivity index (χ4n) is 1.08. The summed E-state index contributed by atoms with van der Waals surface area (Å²) in [5.41, 5.74) is -1.09. The van der Waals surface area contributed by atoms with Crippen molar-refractivity contribution in [3.05, 3.63) is 6.42 Å². The molecule has 2 unspecified atom stereocenters. The van der Waals surface area contributed by atoms with Crippen molar-refractivity contribution in [3.63, 3.8) is 0 Å². The Morgan fingerprint density at radius 3 is 2.18 bits per heavy atom. The van der Waals surface area contributed by atoms with Crippen LogP contribution in [-0.2, 0) is 4.74 Å². The largest absolute Gasteiger partial charge is 0.523 e. The molecule has 2 atom stereocenters. The van der Waals surface area contributed by atoms with E-state index >= 15 is 0 Å². The molecule has 0 amide bonds. The summed E-state index contributed by atoms with van der Waals surface area (Å²) >= 11 is 0. The third kappa shape index (κ3) is 1.86. The van der Waals surface area contributed by atoms with Crippen LogP contribution in [0.4, 0.5) is 13.2 Å². The van der Waals surface area contributed by atoms with Gasteiger partial charge >= 0.3 is 6.36 Å². The second kappa shape index (κ2) is 2.37. The van der Waals surface area contributed by atoms with Crippen LogP contribution < -0.4 is 0 Å². The average Bonchev–Trinajstić information content (AvgIpc) is 1.81. The van der Waals surface area contributed by atoms with Crippen LogP contribution in [0.5, 0.6) is 0 Å². The Morgan fingerprint density at radius 2 is 2.09 bits per heavy atom. The Morgan fingerprint density at radius 1 is 1.55 bits per heavy atom. The summed E-state index contributed by atoms with van der Waals surface area (Å²) in [6.45, 7) is 3.19. The molecule has 0 aliphatic heterocycles. The third-order valence-corrected chi connectivity index (χ3v) is 2.19. The Bertz CT molecular complexity index is 154. The van der Waals surface area contributed by atoms with Crippen molar-refractivity contribution in [3.8, 4) is 0 Å². The lowest BCUT2D eigenvalue weighted by Crippen LogP contribution is -2.49. The van der Waals surface area contributed by atoms with Gasteiger partial charge in [-0.15, -0.1) is 13.2 Å². The second-order valence-corrected chi connectivity index (χ2v) is 3.07. The van der Waals surface area contributed by atoms with Crippen molar-refractivity contribution in [2.24, 2.45) is 5.92 Å². The molecule has 0 heterocycles.